The Hall–Kier alpha value is -1.35. The molecule has 3 nitrogen and oxygen atoms in total. The molecule has 0 unspecified atom stereocenters. The Bertz CT molecular complexity index is 501. The van der Waals surface area contributed by atoms with Gasteiger partial charge in [-0.05, 0) is 50.8 Å². The van der Waals surface area contributed by atoms with Crippen LogP contribution in [0.3, 0.4) is 0 Å². The first-order chi connectivity index (χ1) is 10.9. The molecule has 1 aromatic carbocycles. The van der Waals surface area contributed by atoms with Crippen molar-refractivity contribution in [2.45, 2.75) is 51.9 Å². The number of carbonyl (C=O) groups excluding carboxylic acids is 1. The standard InChI is InChI=1S/C20H32N2O/c1-16-5-8-18(9-6-16)20(2,3)15-22(4)19(23)10-7-17-11-13-21-14-12-17/h5-6,8-9,17,21H,7,10-15H2,1-4H3. The number of benzene rings is 1. The Morgan fingerprint density at radius 1 is 1.22 bits per heavy atom. The normalized spacial score (nSPS) is 16.3. The summed E-state index contributed by atoms with van der Waals surface area (Å²) in [6, 6.07) is 8.66. The molecule has 1 heterocycles. The lowest BCUT2D eigenvalue weighted by Crippen LogP contribution is -2.38. The molecule has 23 heavy (non-hydrogen) atoms. The molecule has 3 heteroatoms. The smallest absolute Gasteiger partial charge is 0.222 e. The van der Waals surface area contributed by atoms with Crippen LogP contribution in [-0.2, 0) is 10.2 Å². The van der Waals surface area contributed by atoms with Crippen molar-refractivity contribution in [2.75, 3.05) is 26.7 Å². The molecule has 0 radical (unpaired) electrons. The topological polar surface area (TPSA) is 32.3 Å². The van der Waals surface area contributed by atoms with Crippen molar-refractivity contribution < 1.29 is 4.79 Å². The van der Waals surface area contributed by atoms with Crippen molar-refractivity contribution in [3.63, 3.8) is 0 Å². The molecule has 1 aliphatic rings. The van der Waals surface area contributed by atoms with E-state index in [4.69, 9.17) is 0 Å². The van der Waals surface area contributed by atoms with Crippen molar-refractivity contribution in [3.05, 3.63) is 35.4 Å². The predicted octanol–water partition coefficient (Wildman–Crippen LogP) is 3.51. The highest BCUT2D eigenvalue weighted by molar-refractivity contribution is 5.76. The number of hydrogen-bond acceptors (Lipinski definition) is 2. The maximum atomic E-state index is 12.5. The van der Waals surface area contributed by atoms with Gasteiger partial charge in [-0.1, -0.05) is 43.7 Å². The van der Waals surface area contributed by atoms with Crippen molar-refractivity contribution in [2.24, 2.45) is 5.92 Å². The molecular formula is C20H32N2O. The molecule has 0 bridgehead atoms. The Morgan fingerprint density at radius 3 is 2.43 bits per heavy atom. The SMILES string of the molecule is Cc1ccc(C(C)(C)CN(C)C(=O)CCC2CCNCC2)cc1. The second-order valence-electron chi connectivity index (χ2n) is 7.73. The third-order valence-corrected chi connectivity index (χ3v) is 5.12. The van der Waals surface area contributed by atoms with Crippen LogP contribution in [-0.4, -0.2) is 37.5 Å². The van der Waals surface area contributed by atoms with E-state index >= 15 is 0 Å². The van der Waals surface area contributed by atoms with Gasteiger partial charge in [0, 0.05) is 25.4 Å². The number of carbonyl (C=O) groups is 1. The quantitative estimate of drug-likeness (QED) is 0.871. The van der Waals surface area contributed by atoms with E-state index in [2.05, 4.69) is 50.4 Å². The van der Waals surface area contributed by atoms with Crippen LogP contribution in [0, 0.1) is 12.8 Å². The van der Waals surface area contributed by atoms with Crippen LogP contribution in [0.15, 0.2) is 24.3 Å². The zero-order valence-electron chi connectivity index (χ0n) is 15.2. The number of piperidine rings is 1. The van der Waals surface area contributed by atoms with Gasteiger partial charge < -0.3 is 10.2 Å². The highest BCUT2D eigenvalue weighted by Gasteiger charge is 2.25. The third-order valence-electron chi connectivity index (χ3n) is 5.12. The van der Waals surface area contributed by atoms with Gasteiger partial charge in [-0.2, -0.15) is 0 Å². The molecular weight excluding hydrogens is 284 g/mol. The van der Waals surface area contributed by atoms with E-state index in [-0.39, 0.29) is 11.3 Å². The molecule has 0 spiro atoms. The van der Waals surface area contributed by atoms with E-state index in [1.165, 1.54) is 24.0 Å². The lowest BCUT2D eigenvalue weighted by Gasteiger charge is -2.31. The fourth-order valence-electron chi connectivity index (χ4n) is 3.47. The highest BCUT2D eigenvalue weighted by Crippen LogP contribution is 2.25. The lowest BCUT2D eigenvalue weighted by molar-refractivity contribution is -0.130. The zero-order valence-corrected chi connectivity index (χ0v) is 15.2. The maximum Gasteiger partial charge on any atom is 0.222 e. The Balaban J connectivity index is 1.85. The molecule has 128 valence electrons. The summed E-state index contributed by atoms with van der Waals surface area (Å²) in [6.07, 6.45) is 4.15. The minimum absolute atomic E-state index is 0.0210. The summed E-state index contributed by atoms with van der Waals surface area (Å²) in [5.74, 6) is 1.00. The Morgan fingerprint density at radius 2 is 1.83 bits per heavy atom. The second-order valence-corrected chi connectivity index (χ2v) is 7.73. The van der Waals surface area contributed by atoms with Gasteiger partial charge in [0.15, 0.2) is 0 Å². The summed E-state index contributed by atoms with van der Waals surface area (Å²) in [7, 11) is 1.95. The average Bonchev–Trinajstić information content (AvgIpc) is 2.53. The first-order valence-corrected chi connectivity index (χ1v) is 8.90. The highest BCUT2D eigenvalue weighted by atomic mass is 16.2. The monoisotopic (exact) mass is 316 g/mol. The average molecular weight is 316 g/mol. The van der Waals surface area contributed by atoms with Crippen molar-refractivity contribution in [3.8, 4) is 0 Å². The molecule has 0 saturated carbocycles. The Labute approximate surface area is 141 Å². The molecule has 1 amide bonds. The van der Waals surface area contributed by atoms with Crippen molar-refractivity contribution in [1.29, 1.82) is 0 Å². The number of rotatable bonds is 6. The van der Waals surface area contributed by atoms with Gasteiger partial charge in [-0.15, -0.1) is 0 Å². The van der Waals surface area contributed by atoms with Gasteiger partial charge in [-0.25, -0.2) is 0 Å². The summed E-state index contributed by atoms with van der Waals surface area (Å²) in [5.41, 5.74) is 2.55. The number of nitrogens with zero attached hydrogens (tertiary/aromatic N) is 1. The first kappa shape index (κ1) is 18.0. The van der Waals surface area contributed by atoms with Crippen LogP contribution in [0.4, 0.5) is 0 Å². The van der Waals surface area contributed by atoms with Crippen LogP contribution in [0.25, 0.3) is 0 Å². The summed E-state index contributed by atoms with van der Waals surface area (Å²) in [6.45, 7) is 9.52. The van der Waals surface area contributed by atoms with Crippen LogP contribution in [0.5, 0.6) is 0 Å². The second kappa shape index (κ2) is 7.96. The number of nitrogens with one attached hydrogen (secondary N) is 1. The van der Waals surface area contributed by atoms with Crippen LogP contribution in [0.1, 0.15) is 50.7 Å². The molecule has 1 aromatic rings. The Kier molecular flexibility index (Phi) is 6.23. The van der Waals surface area contributed by atoms with Crippen LogP contribution in [0.2, 0.25) is 0 Å². The molecule has 1 N–H and O–H groups in total. The number of hydrogen-bond donors (Lipinski definition) is 1. The molecule has 1 aliphatic heterocycles. The minimum Gasteiger partial charge on any atom is -0.345 e. The van der Waals surface area contributed by atoms with Gasteiger partial charge in [0.25, 0.3) is 0 Å². The van der Waals surface area contributed by atoms with Gasteiger partial charge in [0.05, 0.1) is 0 Å². The van der Waals surface area contributed by atoms with E-state index in [0.717, 1.165) is 32.0 Å². The summed E-state index contributed by atoms with van der Waals surface area (Å²) < 4.78 is 0. The lowest BCUT2D eigenvalue weighted by atomic mass is 9.83. The zero-order chi connectivity index (χ0) is 16.9. The molecule has 0 aromatic heterocycles. The fourth-order valence-corrected chi connectivity index (χ4v) is 3.47. The molecule has 0 atom stereocenters. The predicted molar refractivity (Wildman–Crippen MR) is 96.7 cm³/mol. The first-order valence-electron chi connectivity index (χ1n) is 8.90. The van der Waals surface area contributed by atoms with E-state index in [1.807, 2.05) is 11.9 Å². The van der Waals surface area contributed by atoms with Gasteiger partial charge in [0.1, 0.15) is 0 Å². The summed E-state index contributed by atoms with van der Waals surface area (Å²) in [4.78, 5) is 14.4. The molecule has 1 saturated heterocycles. The van der Waals surface area contributed by atoms with E-state index in [9.17, 15) is 4.79 Å². The summed E-state index contributed by atoms with van der Waals surface area (Å²) in [5, 5.41) is 3.38. The van der Waals surface area contributed by atoms with Gasteiger partial charge in [-0.3, -0.25) is 4.79 Å². The molecule has 1 fully saturated rings. The number of likely N-dealkylation sites (N-methyl/N-ethyl adjacent to an activating group) is 1. The molecule has 0 aliphatic carbocycles. The van der Waals surface area contributed by atoms with E-state index in [0.29, 0.717) is 6.42 Å². The van der Waals surface area contributed by atoms with Crippen LogP contribution < -0.4 is 5.32 Å². The largest absolute Gasteiger partial charge is 0.345 e. The number of aryl methyl sites for hydroxylation is 1. The van der Waals surface area contributed by atoms with E-state index in [1.54, 1.807) is 0 Å². The maximum absolute atomic E-state index is 12.5. The van der Waals surface area contributed by atoms with Gasteiger partial charge in [0.2, 0.25) is 5.91 Å². The van der Waals surface area contributed by atoms with E-state index < -0.39 is 0 Å². The fraction of sp³-hybridized carbons (Fsp3) is 0.650. The number of amides is 1. The summed E-state index contributed by atoms with van der Waals surface area (Å²) >= 11 is 0. The third kappa shape index (κ3) is 5.35. The van der Waals surface area contributed by atoms with Crippen molar-refractivity contribution >= 4 is 5.91 Å². The molecule has 2 rings (SSSR count). The van der Waals surface area contributed by atoms with Crippen molar-refractivity contribution in [1.82, 2.24) is 10.2 Å². The van der Waals surface area contributed by atoms with Crippen LogP contribution >= 0.6 is 0 Å². The van der Waals surface area contributed by atoms with Gasteiger partial charge >= 0.3 is 0 Å². The minimum atomic E-state index is -0.0210.